The molecule has 3 aromatic carbocycles. The number of methoxy groups -OCH3 is 1. The van der Waals surface area contributed by atoms with Crippen LogP contribution in [0.1, 0.15) is 171 Å². The maximum absolute atomic E-state index is 14.2. The molecule has 3 heterocycles. The smallest absolute Gasteiger partial charge is 0.407 e. The molecule has 3 aromatic rings. The number of carboxylic acids is 4. The molecule has 6 aliphatic rings. The number of ether oxygens (including phenoxy) is 4. The van der Waals surface area contributed by atoms with Gasteiger partial charge in [0.2, 0.25) is 59.0 Å². The molecule has 0 bridgehead atoms. The Labute approximate surface area is 731 Å². The Morgan fingerprint density at radius 3 is 1.98 bits per heavy atom. The second kappa shape index (κ2) is 44.1. The SMILES string of the molecule is COC1=C2C(=O)c3c(O)c4c(c(O)c3C(=O)C2=CCC1)C[C@@](O)(C(=O)CO)C[C@@H]4O[C@H]1C[C@H](NC(=O)OCc2ccc(NC(=O)[C@H](CC(=O)O)NC(=O)[C@@H](NC(=O)[C@H](CCC(=O)O)NC(=O)[C@H](CC(=O)O)NC(=O)CNC(=O)[C@H](CCCCNC(=O)CCC(NC(=O)c3ccc(NCc4c[nH]c5nc(N)nc(=O)c-5n4)cc3)C(=O)O)NC(C)=O)C(C)C)cc2)[C@H](O)[C@H](C)O1. The van der Waals surface area contributed by atoms with E-state index in [0.29, 0.717) is 17.8 Å². The molecule has 0 radical (unpaired) electrons. The quantitative estimate of drug-likeness (QED) is 0.0152. The minimum Gasteiger partial charge on any atom is -0.507 e. The minimum absolute atomic E-state index is 0.00244. The number of aliphatic hydroxyl groups is 3. The number of unbranched alkanes of at least 4 members (excludes halogenated alkanes) is 1. The summed E-state index contributed by atoms with van der Waals surface area (Å²) in [5.41, 5.74) is 1.60. The first-order valence-electron chi connectivity index (χ1n) is 40.5. The van der Waals surface area contributed by atoms with Gasteiger partial charge in [0, 0.05) is 91.8 Å². The third kappa shape index (κ3) is 25.9. The predicted octanol–water partition coefficient (Wildman–Crippen LogP) is -1.72. The van der Waals surface area contributed by atoms with Gasteiger partial charge < -0.3 is 134 Å². The number of nitrogen functional groups attached to an aromatic ring is 1. The van der Waals surface area contributed by atoms with E-state index in [1.807, 2.05) is 0 Å². The van der Waals surface area contributed by atoms with Crippen molar-refractivity contribution in [1.82, 2.24) is 67.8 Å². The van der Waals surface area contributed by atoms with Gasteiger partial charge in [-0.25, -0.2) is 14.6 Å². The van der Waals surface area contributed by atoms with Crippen LogP contribution in [0.15, 0.2) is 82.5 Å². The topological polar surface area (TPSA) is 739 Å². The van der Waals surface area contributed by atoms with Crippen molar-refractivity contribution in [3.05, 3.63) is 127 Å². The monoisotopic (exact) mass is 1800 g/mol. The Bertz CT molecular complexity index is 5270. The maximum atomic E-state index is 14.2. The normalized spacial score (nSPS) is 18.8. The number of amides is 10. The lowest BCUT2D eigenvalue weighted by Crippen LogP contribution is -2.59. The van der Waals surface area contributed by atoms with Gasteiger partial charge in [-0.3, -0.25) is 76.7 Å². The van der Waals surface area contributed by atoms with Gasteiger partial charge in [-0.15, -0.1) is 0 Å². The fourth-order valence-corrected chi connectivity index (χ4v) is 14.6. The van der Waals surface area contributed by atoms with Crippen LogP contribution in [0.3, 0.4) is 0 Å². The van der Waals surface area contributed by atoms with E-state index in [1.165, 1.54) is 76.6 Å². The molecule has 3 aliphatic heterocycles. The number of nitrogens with zero attached hydrogens (tertiary/aromatic N) is 3. The number of benzene rings is 3. The number of aromatic amines is 1. The Morgan fingerprint density at radius 1 is 0.698 bits per heavy atom. The van der Waals surface area contributed by atoms with Crippen molar-refractivity contribution >= 4 is 118 Å². The number of ketones is 3. The van der Waals surface area contributed by atoms with Gasteiger partial charge in [0.05, 0.1) is 73.7 Å². The van der Waals surface area contributed by atoms with Crippen molar-refractivity contribution in [2.75, 3.05) is 43.2 Å². The molecule has 0 saturated carbocycles. The van der Waals surface area contributed by atoms with E-state index in [2.05, 4.69) is 78.4 Å². The van der Waals surface area contributed by atoms with Gasteiger partial charge in [-0.1, -0.05) is 32.1 Å². The van der Waals surface area contributed by atoms with Gasteiger partial charge in [0.1, 0.15) is 78.4 Å². The van der Waals surface area contributed by atoms with E-state index in [1.54, 1.807) is 12.1 Å². The Balaban J connectivity index is 0.723. The molecule has 0 aromatic heterocycles. The summed E-state index contributed by atoms with van der Waals surface area (Å²) in [7, 11) is 1.30. The number of aromatic nitrogens is 4. The number of phenols is 2. The molecule has 23 N–H and O–H groups in total. The molecule has 1 saturated heterocycles. The van der Waals surface area contributed by atoms with Crippen LogP contribution < -0.4 is 69.8 Å². The van der Waals surface area contributed by atoms with E-state index in [-0.39, 0.29) is 120 Å². The van der Waals surface area contributed by atoms with Gasteiger partial charge in [-0.2, -0.15) is 9.97 Å². The molecule has 1 fully saturated rings. The largest absolute Gasteiger partial charge is 0.507 e. The van der Waals surface area contributed by atoms with Crippen molar-refractivity contribution in [1.29, 1.82) is 0 Å². The number of rotatable bonds is 43. The molecule has 12 atom stereocenters. The number of aromatic hydroxyl groups is 2. The van der Waals surface area contributed by atoms with Crippen molar-refractivity contribution in [2.45, 2.75) is 203 Å². The number of nitrogens with two attached hydrogens (primary N) is 1. The maximum Gasteiger partial charge on any atom is 0.407 e. The van der Waals surface area contributed by atoms with E-state index < -0.39 is 265 Å². The fraction of sp³-hybridized carbons (Fsp3) is 0.451. The van der Waals surface area contributed by atoms with Crippen LogP contribution in [-0.2, 0) is 101 Å². The second-order valence-corrected chi connectivity index (χ2v) is 31.0. The number of carboxylic acid groups (broad SMARTS) is 4. The van der Waals surface area contributed by atoms with Crippen LogP contribution in [0.25, 0.3) is 11.5 Å². The molecule has 129 heavy (non-hydrogen) atoms. The van der Waals surface area contributed by atoms with Crippen molar-refractivity contribution in [2.24, 2.45) is 5.92 Å². The number of aliphatic carboxylic acids is 4. The molecular weight excluding hydrogens is 1700 g/mol. The number of aliphatic hydroxyl groups excluding tert-OH is 2. The third-order valence-corrected chi connectivity index (χ3v) is 21.2. The third-order valence-electron chi connectivity index (χ3n) is 21.2. The van der Waals surface area contributed by atoms with E-state index in [4.69, 9.17) is 24.7 Å². The zero-order valence-electron chi connectivity index (χ0n) is 70.1. The summed E-state index contributed by atoms with van der Waals surface area (Å²) in [4.78, 5) is 250. The number of nitrogens with one attached hydrogen (secondary N) is 12. The molecule has 47 heteroatoms. The van der Waals surface area contributed by atoms with Crippen molar-refractivity contribution in [3.63, 3.8) is 0 Å². The highest BCUT2D eigenvalue weighted by molar-refractivity contribution is 6.33. The van der Waals surface area contributed by atoms with Crippen molar-refractivity contribution in [3.8, 4) is 23.0 Å². The zero-order chi connectivity index (χ0) is 94.6. The van der Waals surface area contributed by atoms with Crippen LogP contribution in [-0.4, -0.2) is 260 Å². The highest BCUT2D eigenvalue weighted by atomic mass is 16.7. The lowest BCUT2D eigenvalue weighted by atomic mass is 9.70. The number of carbonyl (C=O) groups excluding carboxylic acids is 13. The minimum atomic E-state index is -2.48. The molecule has 3 aliphatic carbocycles. The highest BCUT2D eigenvalue weighted by Gasteiger charge is 2.52. The standard InChI is InChI=1S/C82H98N16O31/c1-35(2)64(77(120)94-50(26-58(108)109)75(118)90-41-16-12-38(13-17-41)34-127-81(124)95-48-27-59(128-36(3)66(48)110)129-52-29-82(125,53(101)33-99)28-44-61(52)70(114)63-62(68(44)112)67(111)43-9-8-11-51(126-5)60(43)69(63)113)96-74(117)46(21-23-56(104)105)92-76(119)49(25-57(106)107)91-55(103)32-87-73(116)45(88-37(4)100)10-6-7-24-84-54(102)22-20-47(79(122)123)93-72(115)39-14-18-40(19-15-39)85-30-42-31-86-71-65(89-42)78(121)98-80(83)97-71/h9,12-19,31,35-36,45-50,52,59,64,66,85,99,110,112,114,125H,6-8,10-11,20-30,32-34H2,1-5H3,(H,84,102)(H,87,116)(H,88,100)(H,90,118)(H,91,103)(H,92,119)(H,93,115)(H,94,120)(H,95,124)(H,96,117)(H,104,105)(H,106,107)(H,108,109)(H,122,123)(H3,83,86,97,98,121)/t36-,45-,46-,47?,48-,49-,50-,52-,59-,64-,66+,82-/m0/s1. The number of H-pyrrole nitrogens is 1. The molecular formula is C82H98N16O31. The first kappa shape index (κ1) is 98.3. The van der Waals surface area contributed by atoms with E-state index >= 15 is 0 Å². The summed E-state index contributed by atoms with van der Waals surface area (Å²) in [5, 5.41) is 122. The highest BCUT2D eigenvalue weighted by Crippen LogP contribution is 2.53. The first-order valence-corrected chi connectivity index (χ1v) is 40.5. The summed E-state index contributed by atoms with van der Waals surface area (Å²) in [6.07, 6.45) is -9.20. The van der Waals surface area contributed by atoms with Crippen LogP contribution in [0, 0.1) is 5.92 Å². The molecule has 9 rings (SSSR count). The average molecular weight is 1800 g/mol. The van der Waals surface area contributed by atoms with Gasteiger partial charge in [-0.05, 0) is 93.3 Å². The number of phenolic OH excluding ortho intramolecular Hbond substituents is 2. The summed E-state index contributed by atoms with van der Waals surface area (Å²) >= 11 is 0. The number of alkyl carbamates (subject to hydrolysis) is 1. The number of Topliss-reactive ketones (excluding diaryl/α,β-unsaturated/α-hetero) is 3. The van der Waals surface area contributed by atoms with Crippen LogP contribution in [0.2, 0.25) is 0 Å². The van der Waals surface area contributed by atoms with Gasteiger partial charge >= 0.3 is 35.5 Å². The number of carbonyl (C=O) groups is 17. The predicted molar refractivity (Wildman–Crippen MR) is 441 cm³/mol. The summed E-state index contributed by atoms with van der Waals surface area (Å²) in [5.74, 6) is -20.6. The Kier molecular flexibility index (Phi) is 33.6. The molecule has 1 unspecified atom stereocenters. The molecule has 692 valence electrons. The van der Waals surface area contributed by atoms with Crippen molar-refractivity contribution < 1.29 is 146 Å². The van der Waals surface area contributed by atoms with E-state index in [0.717, 1.165) is 6.92 Å². The van der Waals surface area contributed by atoms with Crippen LogP contribution >= 0.6 is 0 Å². The number of hydrogen-bond acceptors (Lipinski definition) is 32. The number of fused-ring (bicyclic) bond motifs is 4. The van der Waals surface area contributed by atoms with E-state index in [9.17, 15) is 132 Å². The fourth-order valence-electron chi connectivity index (χ4n) is 14.6. The number of hydrogen-bond donors (Lipinski definition) is 22. The van der Waals surface area contributed by atoms with Gasteiger partial charge in [0.25, 0.3) is 5.91 Å². The van der Waals surface area contributed by atoms with Crippen LogP contribution in [0.4, 0.5) is 22.1 Å². The first-order chi connectivity index (χ1) is 61.1. The molecule has 47 nitrogen and oxygen atoms in total. The molecule has 10 amide bonds. The van der Waals surface area contributed by atoms with Crippen LogP contribution in [0.5, 0.6) is 11.5 Å². The zero-order valence-corrected chi connectivity index (χ0v) is 70.1. The lowest BCUT2D eigenvalue weighted by Gasteiger charge is -2.42. The average Bonchev–Trinajstić information content (AvgIpc) is 0.708. The number of allylic oxidation sites excluding steroid dienone is 4. The summed E-state index contributed by atoms with van der Waals surface area (Å²) in [6.45, 7) is 2.87. The van der Waals surface area contributed by atoms with Gasteiger partial charge in [0.15, 0.2) is 29.4 Å². The lowest BCUT2D eigenvalue weighted by molar-refractivity contribution is -0.249. The number of anilines is 3. The molecule has 0 spiro atoms. The second-order valence-electron chi connectivity index (χ2n) is 31.0. The summed E-state index contributed by atoms with van der Waals surface area (Å²) < 4.78 is 23.0. The Hall–Kier alpha value is -14.5. The summed E-state index contributed by atoms with van der Waals surface area (Å²) in [6, 6.07) is -0.216. The Morgan fingerprint density at radius 2 is 1.34 bits per heavy atom.